The van der Waals surface area contributed by atoms with Gasteiger partial charge in [0.15, 0.2) is 5.78 Å². The number of Topliss-reactive ketones (excluding diaryl/α,β-unsaturated/α-hetero) is 1. The minimum absolute atomic E-state index is 0.0288. The van der Waals surface area contributed by atoms with E-state index < -0.39 is 0 Å². The highest BCUT2D eigenvalue weighted by molar-refractivity contribution is 5.94. The molecule has 5 heteroatoms. The number of ketones is 1. The van der Waals surface area contributed by atoms with Crippen LogP contribution in [0.5, 0.6) is 0 Å². The maximum atomic E-state index is 14.0. The molecule has 1 saturated carbocycles. The largest absolute Gasteiger partial charge is 0.380 e. The number of aryl methyl sites for hydroxylation is 2. The summed E-state index contributed by atoms with van der Waals surface area (Å²) in [5.41, 5.74) is 6.44. The number of hydrogen-bond acceptors (Lipinski definition) is 4. The van der Waals surface area contributed by atoms with E-state index in [0.717, 1.165) is 51.9 Å². The van der Waals surface area contributed by atoms with Crippen LogP contribution in [0.4, 0.5) is 11.4 Å². The lowest BCUT2D eigenvalue weighted by atomic mass is 9.80. The molecule has 1 saturated heterocycles. The minimum Gasteiger partial charge on any atom is -0.380 e. The average Bonchev–Trinajstić information content (AvgIpc) is 3.41. The van der Waals surface area contributed by atoms with Crippen LogP contribution in [0.25, 0.3) is 10.9 Å². The Hall–Kier alpha value is -2.79. The van der Waals surface area contributed by atoms with Crippen LogP contribution < -0.4 is 10.2 Å². The highest BCUT2D eigenvalue weighted by atomic mass is 16.1. The van der Waals surface area contributed by atoms with Crippen molar-refractivity contribution in [2.75, 3.05) is 36.4 Å². The number of nitrogens with one attached hydrogen (secondary N) is 2. The second-order valence-corrected chi connectivity index (χ2v) is 10.8. The number of carbonyl (C=O) groups excluding carboxylic acids is 1. The van der Waals surface area contributed by atoms with Crippen LogP contribution in [0, 0.1) is 12.8 Å². The summed E-state index contributed by atoms with van der Waals surface area (Å²) in [6.45, 7) is 5.95. The number of piperazine rings is 1. The molecule has 0 spiro atoms. The first-order valence-corrected chi connectivity index (χ1v) is 13.6. The highest BCUT2D eigenvalue weighted by Gasteiger charge is 2.40. The van der Waals surface area contributed by atoms with Gasteiger partial charge in [0, 0.05) is 61.1 Å². The molecule has 2 atom stereocenters. The molecule has 6 rings (SSSR count). The van der Waals surface area contributed by atoms with Crippen molar-refractivity contribution in [2.45, 2.75) is 64.0 Å². The topological polar surface area (TPSA) is 51.4 Å². The standard InChI is InChI=1S/C30H38N4O/c1-21-11-14-27(24-15-16-31-28(21)24)33-17-19-34(20-18-33)29(30(35)23-8-3-2-4-9-23)26-13-12-22-7-5-6-10-25(22)32-26/h5-7,10-11,14-16,23,26,29,31-32H,2-4,8-9,12-13,17-20H2,1H3. The molecule has 2 unspecified atom stereocenters. The molecule has 5 nitrogen and oxygen atoms in total. The molecule has 2 aromatic carbocycles. The molecule has 0 bridgehead atoms. The Balaban J connectivity index is 1.23. The zero-order valence-electron chi connectivity index (χ0n) is 20.9. The average molecular weight is 471 g/mol. The van der Waals surface area contributed by atoms with Crippen LogP contribution in [0.15, 0.2) is 48.7 Å². The maximum Gasteiger partial charge on any atom is 0.155 e. The van der Waals surface area contributed by atoms with Gasteiger partial charge in [0.2, 0.25) is 0 Å². The molecular formula is C30H38N4O. The predicted octanol–water partition coefficient (Wildman–Crippen LogP) is 5.54. The molecule has 0 radical (unpaired) electrons. The zero-order valence-corrected chi connectivity index (χ0v) is 20.9. The third-order valence-electron chi connectivity index (χ3n) is 8.72. The van der Waals surface area contributed by atoms with Crippen molar-refractivity contribution in [1.29, 1.82) is 0 Å². The number of benzene rings is 2. The Labute approximate surface area is 208 Å². The molecule has 184 valence electrons. The third kappa shape index (κ3) is 4.35. The highest BCUT2D eigenvalue weighted by Crippen LogP contribution is 2.34. The van der Waals surface area contributed by atoms with E-state index in [0.29, 0.717) is 5.78 Å². The first-order chi connectivity index (χ1) is 17.2. The molecular weight excluding hydrogens is 432 g/mol. The van der Waals surface area contributed by atoms with E-state index in [4.69, 9.17) is 0 Å². The van der Waals surface area contributed by atoms with E-state index in [1.807, 2.05) is 6.20 Å². The lowest BCUT2D eigenvalue weighted by Crippen LogP contribution is -2.60. The fourth-order valence-electron chi connectivity index (χ4n) is 6.76. The smallest absolute Gasteiger partial charge is 0.155 e. The summed E-state index contributed by atoms with van der Waals surface area (Å²) in [6.07, 6.45) is 9.98. The van der Waals surface area contributed by atoms with Crippen molar-refractivity contribution in [3.8, 4) is 0 Å². The van der Waals surface area contributed by atoms with Crippen LogP contribution >= 0.6 is 0 Å². The summed E-state index contributed by atoms with van der Waals surface area (Å²) in [5.74, 6) is 0.737. The molecule has 0 amide bonds. The van der Waals surface area contributed by atoms with E-state index >= 15 is 0 Å². The van der Waals surface area contributed by atoms with Gasteiger partial charge in [-0.2, -0.15) is 0 Å². The summed E-state index contributed by atoms with van der Waals surface area (Å²) in [4.78, 5) is 22.5. The predicted molar refractivity (Wildman–Crippen MR) is 144 cm³/mol. The first kappa shape index (κ1) is 22.7. The Bertz CT molecular complexity index is 1190. The number of rotatable bonds is 5. The minimum atomic E-state index is -0.0288. The number of nitrogens with zero attached hydrogens (tertiary/aromatic N) is 2. The van der Waals surface area contributed by atoms with Crippen LogP contribution in [0.2, 0.25) is 0 Å². The zero-order chi connectivity index (χ0) is 23.8. The van der Waals surface area contributed by atoms with E-state index in [1.165, 1.54) is 52.7 Å². The fourth-order valence-corrected chi connectivity index (χ4v) is 6.76. The van der Waals surface area contributed by atoms with E-state index in [2.05, 4.69) is 69.5 Å². The van der Waals surface area contributed by atoms with Crippen molar-refractivity contribution < 1.29 is 4.79 Å². The number of carbonyl (C=O) groups is 1. The number of fused-ring (bicyclic) bond motifs is 2. The number of hydrogen-bond donors (Lipinski definition) is 2. The van der Waals surface area contributed by atoms with Gasteiger partial charge in [-0.05, 0) is 61.9 Å². The number of aromatic nitrogens is 1. The van der Waals surface area contributed by atoms with Gasteiger partial charge >= 0.3 is 0 Å². The number of para-hydroxylation sites is 1. The lowest BCUT2D eigenvalue weighted by Gasteiger charge is -2.45. The molecule has 2 aliphatic heterocycles. The Morgan fingerprint density at radius 3 is 2.57 bits per heavy atom. The van der Waals surface area contributed by atoms with E-state index in [1.54, 1.807) is 0 Å². The van der Waals surface area contributed by atoms with Crippen molar-refractivity contribution in [3.63, 3.8) is 0 Å². The Kier molecular flexibility index (Phi) is 6.28. The monoisotopic (exact) mass is 470 g/mol. The van der Waals surface area contributed by atoms with Crippen molar-refractivity contribution in [3.05, 3.63) is 59.8 Å². The number of anilines is 2. The van der Waals surface area contributed by atoms with Crippen molar-refractivity contribution in [2.24, 2.45) is 5.92 Å². The first-order valence-electron chi connectivity index (χ1n) is 13.6. The summed E-state index contributed by atoms with van der Waals surface area (Å²) in [7, 11) is 0. The molecule has 3 aromatic rings. The van der Waals surface area contributed by atoms with E-state index in [-0.39, 0.29) is 18.0 Å². The van der Waals surface area contributed by atoms with Crippen LogP contribution in [0.3, 0.4) is 0 Å². The molecule has 35 heavy (non-hydrogen) atoms. The van der Waals surface area contributed by atoms with Gasteiger partial charge in [-0.15, -0.1) is 0 Å². The third-order valence-corrected chi connectivity index (χ3v) is 8.72. The van der Waals surface area contributed by atoms with Crippen LogP contribution in [-0.4, -0.2) is 53.9 Å². The van der Waals surface area contributed by atoms with Crippen molar-refractivity contribution in [1.82, 2.24) is 9.88 Å². The quantitative estimate of drug-likeness (QED) is 0.514. The lowest BCUT2D eigenvalue weighted by molar-refractivity contribution is -0.130. The molecule has 2 fully saturated rings. The van der Waals surface area contributed by atoms with Gasteiger partial charge in [0.25, 0.3) is 0 Å². The SMILES string of the molecule is Cc1ccc(N2CCN(C(C(=O)C3CCCCC3)C3CCc4ccccc4N3)CC2)c2cc[nH]c12. The number of H-pyrrole nitrogens is 1. The fraction of sp³-hybridized carbons (Fsp3) is 0.500. The molecule has 2 N–H and O–H groups in total. The summed E-state index contributed by atoms with van der Waals surface area (Å²) in [6, 6.07) is 15.5. The summed E-state index contributed by atoms with van der Waals surface area (Å²) >= 11 is 0. The maximum absolute atomic E-state index is 14.0. The molecule has 3 heterocycles. The van der Waals surface area contributed by atoms with Gasteiger partial charge in [-0.1, -0.05) is 43.5 Å². The normalized spacial score (nSPS) is 22.5. The van der Waals surface area contributed by atoms with Gasteiger partial charge in [0.1, 0.15) is 0 Å². The number of aromatic amines is 1. The second kappa shape index (κ2) is 9.69. The molecule has 1 aromatic heterocycles. The van der Waals surface area contributed by atoms with Crippen molar-refractivity contribution >= 4 is 28.1 Å². The molecule has 3 aliphatic rings. The Morgan fingerprint density at radius 2 is 1.74 bits per heavy atom. The summed E-state index contributed by atoms with van der Waals surface area (Å²) < 4.78 is 0. The van der Waals surface area contributed by atoms with Gasteiger partial charge in [-0.3, -0.25) is 9.69 Å². The summed E-state index contributed by atoms with van der Waals surface area (Å²) in [5, 5.41) is 5.11. The van der Waals surface area contributed by atoms with E-state index in [9.17, 15) is 4.79 Å². The van der Waals surface area contributed by atoms with Crippen LogP contribution in [-0.2, 0) is 11.2 Å². The Morgan fingerprint density at radius 1 is 0.943 bits per heavy atom. The van der Waals surface area contributed by atoms with Gasteiger partial charge < -0.3 is 15.2 Å². The van der Waals surface area contributed by atoms with Gasteiger partial charge in [0.05, 0.1) is 11.6 Å². The second-order valence-electron chi connectivity index (χ2n) is 10.8. The van der Waals surface area contributed by atoms with Crippen LogP contribution in [0.1, 0.15) is 49.7 Å². The van der Waals surface area contributed by atoms with Gasteiger partial charge in [-0.25, -0.2) is 0 Å². The molecule has 1 aliphatic carbocycles.